The van der Waals surface area contributed by atoms with Gasteiger partial charge in [-0.05, 0) is 24.0 Å². The number of fused-ring (bicyclic) bond motifs is 3. The molecule has 5 nitrogen and oxygen atoms in total. The molecular formula is C17H19NO4. The molecule has 2 aromatic rings. The molecule has 1 aromatic carbocycles. The maximum absolute atomic E-state index is 12.4. The Morgan fingerprint density at radius 2 is 1.82 bits per heavy atom. The second-order valence-corrected chi connectivity index (χ2v) is 5.77. The molecule has 116 valence electrons. The summed E-state index contributed by atoms with van der Waals surface area (Å²) in [6, 6.07) is 7.81. The zero-order valence-electron chi connectivity index (χ0n) is 12.9. The Balaban J connectivity index is 2.24. The van der Waals surface area contributed by atoms with Crippen molar-refractivity contribution in [3.63, 3.8) is 0 Å². The number of aromatic nitrogens is 1. The maximum Gasteiger partial charge on any atom is 0.314 e. The van der Waals surface area contributed by atoms with Crippen LogP contribution in [0, 0.1) is 5.92 Å². The van der Waals surface area contributed by atoms with Gasteiger partial charge in [0.2, 0.25) is 0 Å². The number of carbonyl (C=O) groups is 2. The van der Waals surface area contributed by atoms with Gasteiger partial charge in [0.15, 0.2) is 0 Å². The summed E-state index contributed by atoms with van der Waals surface area (Å²) >= 11 is 0. The van der Waals surface area contributed by atoms with Crippen molar-refractivity contribution < 1.29 is 19.1 Å². The molecule has 0 amide bonds. The molecule has 0 aliphatic heterocycles. The Kier molecular flexibility index (Phi) is 3.64. The number of esters is 2. The minimum absolute atomic E-state index is 0.146. The molecule has 0 saturated heterocycles. The summed E-state index contributed by atoms with van der Waals surface area (Å²) in [5, 5.41) is 0.966. The minimum atomic E-state index is -0.625. The second kappa shape index (κ2) is 5.48. The lowest BCUT2D eigenvalue weighted by atomic mass is 9.72. The van der Waals surface area contributed by atoms with Crippen LogP contribution in [-0.4, -0.2) is 31.1 Å². The predicted molar refractivity (Wildman–Crippen MR) is 81.6 cm³/mol. The van der Waals surface area contributed by atoms with Crippen LogP contribution in [0.1, 0.15) is 36.4 Å². The third-order valence-corrected chi connectivity index (χ3v) is 4.55. The SMILES string of the molecule is COC(=O)[C@H]1CC(C)c2[nH]c3ccccc3c2[C@@H]1C(=O)OC. The van der Waals surface area contributed by atoms with E-state index in [4.69, 9.17) is 9.47 Å². The van der Waals surface area contributed by atoms with Gasteiger partial charge in [-0.3, -0.25) is 9.59 Å². The van der Waals surface area contributed by atoms with Crippen molar-refractivity contribution in [2.75, 3.05) is 14.2 Å². The number of methoxy groups -OCH3 is 2. The average Bonchev–Trinajstić information content (AvgIpc) is 2.93. The fourth-order valence-electron chi connectivity index (χ4n) is 3.54. The number of nitrogens with one attached hydrogen (secondary N) is 1. The Hall–Kier alpha value is -2.30. The minimum Gasteiger partial charge on any atom is -0.469 e. The highest BCUT2D eigenvalue weighted by atomic mass is 16.5. The lowest BCUT2D eigenvalue weighted by molar-refractivity contribution is -0.154. The predicted octanol–water partition coefficient (Wildman–Crippen LogP) is 2.72. The summed E-state index contributed by atoms with van der Waals surface area (Å²) in [7, 11) is 2.70. The average molecular weight is 301 g/mol. The molecule has 0 spiro atoms. The first kappa shape index (κ1) is 14.6. The quantitative estimate of drug-likeness (QED) is 0.866. The van der Waals surface area contributed by atoms with Gasteiger partial charge in [-0.15, -0.1) is 0 Å². The van der Waals surface area contributed by atoms with Gasteiger partial charge in [-0.25, -0.2) is 0 Å². The molecule has 0 radical (unpaired) electrons. The number of benzene rings is 1. The number of carbonyl (C=O) groups excluding carboxylic acids is 2. The zero-order chi connectivity index (χ0) is 15.9. The van der Waals surface area contributed by atoms with Crippen molar-refractivity contribution in [1.29, 1.82) is 0 Å². The Labute approximate surface area is 128 Å². The third-order valence-electron chi connectivity index (χ3n) is 4.55. The summed E-state index contributed by atoms with van der Waals surface area (Å²) in [6.45, 7) is 2.05. The Morgan fingerprint density at radius 1 is 1.14 bits per heavy atom. The van der Waals surface area contributed by atoms with E-state index in [1.165, 1.54) is 14.2 Å². The molecule has 1 aliphatic carbocycles. The van der Waals surface area contributed by atoms with Crippen LogP contribution in [0.2, 0.25) is 0 Å². The van der Waals surface area contributed by atoms with Crippen molar-refractivity contribution >= 4 is 22.8 Å². The van der Waals surface area contributed by atoms with Gasteiger partial charge in [-0.1, -0.05) is 25.1 Å². The third kappa shape index (κ3) is 2.08. The molecule has 5 heteroatoms. The molecule has 0 bridgehead atoms. The number of hydrogen-bond donors (Lipinski definition) is 1. The van der Waals surface area contributed by atoms with E-state index in [0.29, 0.717) is 6.42 Å². The number of aromatic amines is 1. The summed E-state index contributed by atoms with van der Waals surface area (Å²) in [6.07, 6.45) is 0.562. The maximum atomic E-state index is 12.4. The molecule has 1 unspecified atom stereocenters. The smallest absolute Gasteiger partial charge is 0.314 e. The largest absolute Gasteiger partial charge is 0.469 e. The molecule has 1 aliphatic rings. The standard InChI is InChI=1S/C17H19NO4/c1-9-8-11(16(19)21-2)14(17(20)22-3)13-10-6-4-5-7-12(10)18-15(9)13/h4-7,9,11,14,18H,8H2,1-3H3/t9?,11-,14+/m0/s1. The van der Waals surface area contributed by atoms with Crippen molar-refractivity contribution in [3.05, 3.63) is 35.5 Å². The highest BCUT2D eigenvalue weighted by Crippen LogP contribution is 2.46. The summed E-state index contributed by atoms with van der Waals surface area (Å²) in [4.78, 5) is 27.9. The molecule has 1 N–H and O–H groups in total. The first-order valence-electron chi connectivity index (χ1n) is 7.34. The van der Waals surface area contributed by atoms with Gasteiger partial charge in [0.1, 0.15) is 0 Å². The zero-order valence-corrected chi connectivity index (χ0v) is 12.9. The number of H-pyrrole nitrogens is 1. The second-order valence-electron chi connectivity index (χ2n) is 5.77. The van der Waals surface area contributed by atoms with E-state index >= 15 is 0 Å². The van der Waals surface area contributed by atoms with E-state index in [1.54, 1.807) is 0 Å². The van der Waals surface area contributed by atoms with Crippen LogP contribution in [0.5, 0.6) is 0 Å². The number of hydrogen-bond acceptors (Lipinski definition) is 4. The van der Waals surface area contributed by atoms with E-state index in [9.17, 15) is 9.59 Å². The van der Waals surface area contributed by atoms with Gasteiger partial charge in [0, 0.05) is 16.6 Å². The first-order valence-corrected chi connectivity index (χ1v) is 7.34. The van der Waals surface area contributed by atoms with Crippen LogP contribution in [0.3, 0.4) is 0 Å². The molecule has 3 rings (SSSR count). The molecule has 0 fully saturated rings. The molecular weight excluding hydrogens is 282 g/mol. The first-order chi connectivity index (χ1) is 10.6. The topological polar surface area (TPSA) is 68.4 Å². The monoisotopic (exact) mass is 301 g/mol. The van der Waals surface area contributed by atoms with Crippen LogP contribution in [0.15, 0.2) is 24.3 Å². The highest BCUT2D eigenvalue weighted by molar-refractivity contribution is 5.95. The molecule has 3 atom stereocenters. The van der Waals surface area contributed by atoms with E-state index < -0.39 is 17.8 Å². The summed E-state index contributed by atoms with van der Waals surface area (Å²) in [5.74, 6) is -1.75. The number of rotatable bonds is 2. The van der Waals surface area contributed by atoms with Crippen molar-refractivity contribution in [3.8, 4) is 0 Å². The summed E-state index contributed by atoms with van der Waals surface area (Å²) < 4.78 is 9.87. The fourth-order valence-corrected chi connectivity index (χ4v) is 3.54. The van der Waals surface area contributed by atoms with Crippen LogP contribution >= 0.6 is 0 Å². The molecule has 1 aromatic heterocycles. The Bertz CT molecular complexity index is 733. The number of para-hydroxylation sites is 1. The van der Waals surface area contributed by atoms with Crippen molar-refractivity contribution in [1.82, 2.24) is 4.98 Å². The fraction of sp³-hybridized carbons (Fsp3) is 0.412. The van der Waals surface area contributed by atoms with E-state index in [-0.39, 0.29) is 11.9 Å². The number of ether oxygens (including phenoxy) is 2. The van der Waals surface area contributed by atoms with Crippen LogP contribution in [0.25, 0.3) is 10.9 Å². The van der Waals surface area contributed by atoms with Gasteiger partial charge in [-0.2, -0.15) is 0 Å². The van der Waals surface area contributed by atoms with Crippen molar-refractivity contribution in [2.45, 2.75) is 25.2 Å². The highest BCUT2D eigenvalue weighted by Gasteiger charge is 2.44. The molecule has 0 saturated carbocycles. The molecule has 1 heterocycles. The Morgan fingerprint density at radius 3 is 2.50 bits per heavy atom. The molecule has 22 heavy (non-hydrogen) atoms. The van der Waals surface area contributed by atoms with Crippen molar-refractivity contribution in [2.24, 2.45) is 5.92 Å². The van der Waals surface area contributed by atoms with Crippen LogP contribution < -0.4 is 0 Å². The normalized spacial score (nSPS) is 23.9. The lowest BCUT2D eigenvalue weighted by Gasteiger charge is -2.31. The lowest BCUT2D eigenvalue weighted by Crippen LogP contribution is -2.34. The summed E-state index contributed by atoms with van der Waals surface area (Å²) in [5.41, 5.74) is 2.85. The van der Waals surface area contributed by atoms with Gasteiger partial charge in [0.25, 0.3) is 0 Å². The van der Waals surface area contributed by atoms with Gasteiger partial charge < -0.3 is 14.5 Å². The van der Waals surface area contributed by atoms with E-state index in [1.807, 2.05) is 24.3 Å². The van der Waals surface area contributed by atoms with Crippen LogP contribution in [-0.2, 0) is 19.1 Å². The van der Waals surface area contributed by atoms with Crippen LogP contribution in [0.4, 0.5) is 0 Å². The van der Waals surface area contributed by atoms with Gasteiger partial charge >= 0.3 is 11.9 Å². The van der Waals surface area contributed by atoms with E-state index in [2.05, 4.69) is 11.9 Å². The van der Waals surface area contributed by atoms with Gasteiger partial charge in [0.05, 0.1) is 26.1 Å². The van der Waals surface area contributed by atoms with E-state index in [0.717, 1.165) is 22.2 Å².